The molecule has 1 aliphatic heterocycles. The standard InChI is InChI=1S/C23H39N5O3/c1-22(2,3)31-21(29)27-19(18-10-8-7-9-11-18)16-25-20(24-6)26-17-23(4,5)28-12-14-30-15-13-28/h7-11,19H,12-17H2,1-6H3,(H,27,29)(H2,24,25,26). The molecule has 0 spiro atoms. The minimum atomic E-state index is -0.554. The second-order valence-electron chi connectivity index (χ2n) is 9.33. The Morgan fingerprint density at radius 3 is 2.35 bits per heavy atom. The molecule has 8 heteroatoms. The number of nitrogens with zero attached hydrogens (tertiary/aromatic N) is 2. The molecule has 0 aliphatic carbocycles. The van der Waals surface area contributed by atoms with Crippen LogP contribution < -0.4 is 16.0 Å². The van der Waals surface area contributed by atoms with Crippen LogP contribution in [0.25, 0.3) is 0 Å². The second kappa shape index (κ2) is 11.3. The summed E-state index contributed by atoms with van der Waals surface area (Å²) in [6.45, 7) is 14.6. The lowest BCUT2D eigenvalue weighted by Gasteiger charge is -2.41. The number of nitrogens with one attached hydrogen (secondary N) is 3. The van der Waals surface area contributed by atoms with Crippen molar-refractivity contribution in [2.75, 3.05) is 46.4 Å². The fourth-order valence-electron chi connectivity index (χ4n) is 3.39. The fourth-order valence-corrected chi connectivity index (χ4v) is 3.39. The number of carbonyl (C=O) groups excluding carboxylic acids is 1. The zero-order chi connectivity index (χ0) is 22.9. The topological polar surface area (TPSA) is 87.2 Å². The Kier molecular flexibility index (Phi) is 9.13. The Labute approximate surface area is 186 Å². The molecule has 1 atom stereocenters. The summed E-state index contributed by atoms with van der Waals surface area (Å²) in [7, 11) is 1.75. The summed E-state index contributed by atoms with van der Waals surface area (Å²) in [5.74, 6) is 0.688. The van der Waals surface area contributed by atoms with Gasteiger partial charge in [-0.25, -0.2) is 4.79 Å². The van der Waals surface area contributed by atoms with Gasteiger partial charge in [0.05, 0.1) is 19.3 Å². The maximum atomic E-state index is 12.4. The molecule has 1 aromatic rings. The molecule has 0 radical (unpaired) electrons. The molecule has 1 aromatic carbocycles. The number of alkyl carbamates (subject to hydrolysis) is 1. The lowest BCUT2D eigenvalue weighted by atomic mass is 10.0. The van der Waals surface area contributed by atoms with E-state index in [1.54, 1.807) is 7.05 Å². The first-order valence-electron chi connectivity index (χ1n) is 10.9. The van der Waals surface area contributed by atoms with Crippen LogP contribution in [0.2, 0.25) is 0 Å². The number of guanidine groups is 1. The van der Waals surface area contributed by atoms with Crippen molar-refractivity contribution in [2.24, 2.45) is 4.99 Å². The van der Waals surface area contributed by atoms with E-state index in [0.717, 1.165) is 38.4 Å². The van der Waals surface area contributed by atoms with Crippen molar-refractivity contribution >= 4 is 12.1 Å². The van der Waals surface area contributed by atoms with Gasteiger partial charge in [-0.2, -0.15) is 0 Å². The average molecular weight is 434 g/mol. The summed E-state index contributed by atoms with van der Waals surface area (Å²) in [6.07, 6.45) is -0.445. The van der Waals surface area contributed by atoms with Crippen molar-refractivity contribution in [3.63, 3.8) is 0 Å². The fraction of sp³-hybridized carbons (Fsp3) is 0.652. The second-order valence-corrected chi connectivity index (χ2v) is 9.33. The van der Waals surface area contributed by atoms with Gasteiger partial charge in [0.25, 0.3) is 0 Å². The van der Waals surface area contributed by atoms with Crippen LogP contribution in [0.1, 0.15) is 46.2 Å². The Balaban J connectivity index is 1.95. The van der Waals surface area contributed by atoms with Crippen molar-refractivity contribution in [2.45, 2.75) is 51.8 Å². The third kappa shape index (κ3) is 8.75. The number of morpholine rings is 1. The summed E-state index contributed by atoms with van der Waals surface area (Å²) >= 11 is 0. The van der Waals surface area contributed by atoms with Gasteiger partial charge in [-0.3, -0.25) is 9.89 Å². The predicted octanol–water partition coefficient (Wildman–Crippen LogP) is 2.53. The van der Waals surface area contributed by atoms with Crippen LogP contribution in [-0.2, 0) is 9.47 Å². The molecule has 1 aliphatic rings. The van der Waals surface area contributed by atoms with E-state index in [0.29, 0.717) is 12.5 Å². The Morgan fingerprint density at radius 1 is 1.13 bits per heavy atom. The highest BCUT2D eigenvalue weighted by atomic mass is 16.6. The molecule has 174 valence electrons. The predicted molar refractivity (Wildman–Crippen MR) is 124 cm³/mol. The molecule has 8 nitrogen and oxygen atoms in total. The Hall–Kier alpha value is -2.32. The third-order valence-electron chi connectivity index (χ3n) is 5.15. The maximum Gasteiger partial charge on any atom is 0.408 e. The van der Waals surface area contributed by atoms with E-state index in [1.165, 1.54) is 0 Å². The van der Waals surface area contributed by atoms with Gasteiger partial charge < -0.3 is 25.4 Å². The largest absolute Gasteiger partial charge is 0.444 e. The Morgan fingerprint density at radius 2 is 1.77 bits per heavy atom. The highest BCUT2D eigenvalue weighted by molar-refractivity contribution is 5.80. The van der Waals surface area contributed by atoms with E-state index < -0.39 is 11.7 Å². The first-order valence-corrected chi connectivity index (χ1v) is 10.9. The summed E-state index contributed by atoms with van der Waals surface area (Å²) in [5.41, 5.74) is 0.404. The molecule has 1 fully saturated rings. The number of ether oxygens (including phenoxy) is 2. The molecule has 1 heterocycles. The summed E-state index contributed by atoms with van der Waals surface area (Å²) in [4.78, 5) is 19.1. The van der Waals surface area contributed by atoms with Gasteiger partial charge in [-0.15, -0.1) is 0 Å². The average Bonchev–Trinajstić information content (AvgIpc) is 2.73. The van der Waals surface area contributed by atoms with Gasteiger partial charge >= 0.3 is 6.09 Å². The van der Waals surface area contributed by atoms with Crippen LogP contribution in [0.4, 0.5) is 4.79 Å². The van der Waals surface area contributed by atoms with Gasteiger partial charge in [0.1, 0.15) is 5.60 Å². The van der Waals surface area contributed by atoms with E-state index in [4.69, 9.17) is 9.47 Å². The molecule has 31 heavy (non-hydrogen) atoms. The van der Waals surface area contributed by atoms with Crippen molar-refractivity contribution < 1.29 is 14.3 Å². The van der Waals surface area contributed by atoms with E-state index in [-0.39, 0.29) is 11.6 Å². The number of rotatable bonds is 7. The molecule has 1 amide bonds. The van der Waals surface area contributed by atoms with Crippen LogP contribution in [0.3, 0.4) is 0 Å². The highest BCUT2D eigenvalue weighted by Gasteiger charge is 2.28. The van der Waals surface area contributed by atoms with E-state index in [1.807, 2.05) is 51.1 Å². The van der Waals surface area contributed by atoms with Crippen LogP contribution >= 0.6 is 0 Å². The quantitative estimate of drug-likeness (QED) is 0.453. The number of hydrogen-bond acceptors (Lipinski definition) is 5. The molecule has 1 saturated heterocycles. The lowest BCUT2D eigenvalue weighted by molar-refractivity contribution is -0.00834. The maximum absolute atomic E-state index is 12.4. The first kappa shape index (κ1) is 24.9. The van der Waals surface area contributed by atoms with Gasteiger partial charge in [0.15, 0.2) is 5.96 Å². The number of amides is 1. The molecular formula is C23H39N5O3. The Bertz CT molecular complexity index is 710. The monoisotopic (exact) mass is 433 g/mol. The van der Waals surface area contributed by atoms with E-state index >= 15 is 0 Å². The van der Waals surface area contributed by atoms with Gasteiger partial charge in [-0.1, -0.05) is 30.3 Å². The molecule has 0 saturated carbocycles. The first-order chi connectivity index (χ1) is 14.6. The minimum absolute atomic E-state index is 0.0327. The SMILES string of the molecule is CN=C(NCC(NC(=O)OC(C)(C)C)c1ccccc1)NCC(C)(C)N1CCOCC1. The summed E-state index contributed by atoms with van der Waals surface area (Å²) in [6, 6.07) is 9.58. The third-order valence-corrected chi connectivity index (χ3v) is 5.15. The van der Waals surface area contributed by atoms with Crippen molar-refractivity contribution in [1.82, 2.24) is 20.9 Å². The zero-order valence-electron chi connectivity index (χ0n) is 19.8. The van der Waals surface area contributed by atoms with Crippen LogP contribution in [0.15, 0.2) is 35.3 Å². The van der Waals surface area contributed by atoms with E-state index in [2.05, 4.69) is 39.7 Å². The summed E-state index contributed by atoms with van der Waals surface area (Å²) < 4.78 is 10.9. The van der Waals surface area contributed by atoms with Crippen LogP contribution in [0, 0.1) is 0 Å². The molecule has 3 N–H and O–H groups in total. The highest BCUT2D eigenvalue weighted by Crippen LogP contribution is 2.16. The van der Waals surface area contributed by atoms with Crippen molar-refractivity contribution in [3.8, 4) is 0 Å². The molecular weight excluding hydrogens is 394 g/mol. The molecule has 0 aromatic heterocycles. The molecule has 0 bridgehead atoms. The number of carbonyl (C=O) groups is 1. The van der Waals surface area contributed by atoms with Gasteiger partial charge in [0.2, 0.25) is 0 Å². The van der Waals surface area contributed by atoms with Crippen molar-refractivity contribution in [3.05, 3.63) is 35.9 Å². The van der Waals surface area contributed by atoms with E-state index in [9.17, 15) is 4.79 Å². The van der Waals surface area contributed by atoms with Crippen LogP contribution in [-0.4, -0.2) is 74.5 Å². The number of hydrogen-bond donors (Lipinski definition) is 3. The van der Waals surface area contributed by atoms with Gasteiger partial charge in [0, 0.05) is 38.8 Å². The van der Waals surface area contributed by atoms with Crippen molar-refractivity contribution in [1.29, 1.82) is 0 Å². The number of aliphatic imine (C=N–C) groups is 1. The van der Waals surface area contributed by atoms with Crippen LogP contribution in [0.5, 0.6) is 0 Å². The smallest absolute Gasteiger partial charge is 0.408 e. The normalized spacial score (nSPS) is 17.0. The minimum Gasteiger partial charge on any atom is -0.444 e. The molecule has 2 rings (SSSR count). The summed E-state index contributed by atoms with van der Waals surface area (Å²) in [5, 5.41) is 9.72. The van der Waals surface area contributed by atoms with Gasteiger partial charge in [-0.05, 0) is 40.2 Å². The zero-order valence-corrected chi connectivity index (χ0v) is 19.8. The molecule has 1 unspecified atom stereocenters. The lowest BCUT2D eigenvalue weighted by Crippen LogP contribution is -2.56. The number of benzene rings is 1.